The minimum absolute atomic E-state index is 0.554. The molecule has 3 aliphatic rings. The molecule has 1 heterocycles. The van der Waals surface area contributed by atoms with Crippen LogP contribution in [0.1, 0.15) is 59.1 Å². The lowest BCUT2D eigenvalue weighted by molar-refractivity contribution is 0.390. The molecule has 0 saturated carbocycles. The van der Waals surface area contributed by atoms with Crippen LogP contribution in [0.5, 0.6) is 11.5 Å². The highest BCUT2D eigenvalue weighted by Gasteiger charge is 2.38. The Balaban J connectivity index is 1.93. The molecule has 6 nitrogen and oxygen atoms in total. The number of nitrogens with zero attached hydrogens (tertiary/aromatic N) is 3. The summed E-state index contributed by atoms with van der Waals surface area (Å²) in [4.78, 5) is 6.24. The van der Waals surface area contributed by atoms with Gasteiger partial charge in [-0.3, -0.25) is 0 Å². The van der Waals surface area contributed by atoms with Crippen LogP contribution in [0.25, 0.3) is 21.6 Å². The molecule has 0 bridgehead atoms. The molecule has 0 saturated heterocycles. The molecule has 0 aromatic heterocycles. The normalized spacial score (nSPS) is 18.6. The Morgan fingerprint density at radius 3 is 1.76 bits per heavy atom. The summed E-state index contributed by atoms with van der Waals surface area (Å²) in [6.45, 7) is 3.95. The van der Waals surface area contributed by atoms with Gasteiger partial charge in [-0.25, -0.2) is 4.57 Å². The van der Waals surface area contributed by atoms with E-state index in [1.807, 2.05) is 13.8 Å². The smallest absolute Gasteiger partial charge is 0.410 e. The SMILES string of the molecule is Cc1cc2c(c3c1OP(=O)(N=[N+]=[N-])Oc1c(C)cc4c(c1-3)CCCC4)CCCC2. The topological polar surface area (TPSA) is 84.3 Å². The number of fused-ring (bicyclic) bond motifs is 7. The Morgan fingerprint density at radius 1 is 0.862 bits per heavy atom. The van der Waals surface area contributed by atoms with Gasteiger partial charge in [0.05, 0.1) is 0 Å². The van der Waals surface area contributed by atoms with Crippen molar-refractivity contribution in [1.29, 1.82) is 0 Å². The predicted molar refractivity (Wildman–Crippen MR) is 113 cm³/mol. The Hall–Kier alpha value is -2.42. The van der Waals surface area contributed by atoms with E-state index in [0.717, 1.165) is 60.8 Å². The van der Waals surface area contributed by atoms with E-state index >= 15 is 0 Å². The molecule has 0 N–H and O–H groups in total. The summed E-state index contributed by atoms with van der Waals surface area (Å²) in [6, 6.07) is 4.28. The first-order chi connectivity index (χ1) is 14.0. The van der Waals surface area contributed by atoms with Gasteiger partial charge in [-0.2, -0.15) is 0 Å². The Kier molecular flexibility index (Phi) is 4.38. The van der Waals surface area contributed by atoms with Gasteiger partial charge < -0.3 is 9.05 Å². The summed E-state index contributed by atoms with van der Waals surface area (Å²) in [5.41, 5.74) is 18.1. The largest absolute Gasteiger partial charge is 0.525 e. The van der Waals surface area contributed by atoms with Gasteiger partial charge >= 0.3 is 7.75 Å². The molecular weight excluding hydrogens is 385 g/mol. The van der Waals surface area contributed by atoms with E-state index in [1.165, 1.54) is 35.1 Å². The third kappa shape index (κ3) is 2.94. The van der Waals surface area contributed by atoms with Crippen LogP contribution in [-0.2, 0) is 30.2 Å². The number of rotatable bonds is 1. The molecule has 1 aliphatic heterocycles. The van der Waals surface area contributed by atoms with E-state index in [9.17, 15) is 4.57 Å². The molecule has 7 heteroatoms. The van der Waals surface area contributed by atoms with Crippen LogP contribution in [0.2, 0.25) is 0 Å². The lowest BCUT2D eigenvalue weighted by atomic mass is 9.78. The van der Waals surface area contributed by atoms with Gasteiger partial charge in [0, 0.05) is 20.9 Å². The molecule has 0 radical (unpaired) electrons. The fourth-order valence-electron chi connectivity index (χ4n) is 5.17. The lowest BCUT2D eigenvalue weighted by Crippen LogP contribution is -2.10. The standard InChI is InChI=1S/C22H24N3O3P/c1-13-11-15-7-3-5-9-17(15)19-20-18-10-6-4-8-16(18)12-14(2)22(20)28-29(26,25-24-23)27-21(13)19/h11-12H,3-10H2,1-2H3. The van der Waals surface area contributed by atoms with Crippen molar-refractivity contribution in [2.75, 3.05) is 0 Å². The summed E-state index contributed by atoms with van der Waals surface area (Å²) in [6.07, 6.45) is 8.63. The summed E-state index contributed by atoms with van der Waals surface area (Å²) < 4.78 is 25.2. The predicted octanol–water partition coefficient (Wildman–Crippen LogP) is 6.92. The van der Waals surface area contributed by atoms with E-state index in [2.05, 4.69) is 21.9 Å². The quantitative estimate of drug-likeness (QED) is 0.222. The van der Waals surface area contributed by atoms with Gasteiger partial charge in [0.15, 0.2) is 0 Å². The van der Waals surface area contributed by atoms with Crippen molar-refractivity contribution >= 4 is 7.75 Å². The first-order valence-electron chi connectivity index (χ1n) is 10.4. The van der Waals surface area contributed by atoms with E-state index < -0.39 is 7.75 Å². The Morgan fingerprint density at radius 2 is 1.31 bits per heavy atom. The van der Waals surface area contributed by atoms with Crippen LogP contribution in [-0.4, -0.2) is 0 Å². The highest BCUT2D eigenvalue weighted by molar-refractivity contribution is 7.53. The van der Waals surface area contributed by atoms with Gasteiger partial charge in [0.2, 0.25) is 0 Å². The van der Waals surface area contributed by atoms with Gasteiger partial charge in [0.1, 0.15) is 11.5 Å². The van der Waals surface area contributed by atoms with E-state index in [4.69, 9.17) is 14.6 Å². The van der Waals surface area contributed by atoms with E-state index in [-0.39, 0.29) is 0 Å². The summed E-state index contributed by atoms with van der Waals surface area (Å²) >= 11 is 0. The van der Waals surface area contributed by atoms with Crippen molar-refractivity contribution in [1.82, 2.24) is 0 Å². The van der Waals surface area contributed by atoms with Crippen molar-refractivity contribution in [2.24, 2.45) is 4.88 Å². The summed E-state index contributed by atoms with van der Waals surface area (Å²) in [5, 5.41) is 0. The molecule has 150 valence electrons. The third-order valence-corrected chi connectivity index (χ3v) is 7.52. The molecule has 0 fully saturated rings. The van der Waals surface area contributed by atoms with Crippen LogP contribution in [0.3, 0.4) is 0 Å². The summed E-state index contributed by atoms with van der Waals surface area (Å²) in [7, 11) is -4.04. The Bertz CT molecular complexity index is 1060. The number of hydrogen-bond donors (Lipinski definition) is 0. The molecule has 29 heavy (non-hydrogen) atoms. The van der Waals surface area contributed by atoms with Gasteiger partial charge in [0.25, 0.3) is 0 Å². The monoisotopic (exact) mass is 409 g/mol. The second-order valence-corrected chi connectivity index (χ2v) is 9.80. The van der Waals surface area contributed by atoms with Crippen LogP contribution < -0.4 is 9.05 Å². The number of aryl methyl sites for hydroxylation is 4. The first kappa shape index (κ1) is 18.6. The lowest BCUT2D eigenvalue weighted by Gasteiger charge is -2.27. The zero-order valence-electron chi connectivity index (χ0n) is 16.8. The number of azide groups is 1. The second-order valence-electron chi connectivity index (χ2n) is 8.31. The molecule has 5 rings (SSSR count). The molecule has 2 aliphatic carbocycles. The second kappa shape index (κ2) is 6.83. The molecule has 0 atom stereocenters. The molecular formula is C22H24N3O3P. The minimum atomic E-state index is -4.04. The zero-order valence-corrected chi connectivity index (χ0v) is 17.7. The maximum absolute atomic E-state index is 13.4. The number of hydrogen-bond acceptors (Lipinski definition) is 3. The molecule has 2 aromatic rings. The van der Waals surface area contributed by atoms with E-state index in [0.29, 0.717) is 11.5 Å². The van der Waals surface area contributed by atoms with Crippen molar-refractivity contribution in [3.05, 3.63) is 56.0 Å². The average molecular weight is 409 g/mol. The molecule has 0 unspecified atom stereocenters. The third-order valence-electron chi connectivity index (χ3n) is 6.39. The highest BCUT2D eigenvalue weighted by atomic mass is 31.2. The molecule has 2 aromatic carbocycles. The van der Waals surface area contributed by atoms with Crippen LogP contribution in [0.15, 0.2) is 17.0 Å². The highest BCUT2D eigenvalue weighted by Crippen LogP contribution is 2.61. The minimum Gasteiger partial charge on any atom is -0.410 e. The van der Waals surface area contributed by atoms with Gasteiger partial charge in [-0.1, -0.05) is 12.1 Å². The van der Waals surface area contributed by atoms with Crippen molar-refractivity contribution in [2.45, 2.75) is 65.2 Å². The number of benzene rings is 2. The van der Waals surface area contributed by atoms with Crippen LogP contribution in [0.4, 0.5) is 0 Å². The molecule has 0 amide bonds. The zero-order chi connectivity index (χ0) is 20.2. The van der Waals surface area contributed by atoms with Crippen molar-refractivity contribution in [3.63, 3.8) is 0 Å². The van der Waals surface area contributed by atoms with Crippen LogP contribution in [0, 0.1) is 13.8 Å². The Labute approximate surface area is 170 Å². The van der Waals surface area contributed by atoms with Gasteiger partial charge in [-0.15, -0.1) is 0 Å². The van der Waals surface area contributed by atoms with E-state index in [1.54, 1.807) is 0 Å². The van der Waals surface area contributed by atoms with Crippen molar-refractivity contribution in [3.8, 4) is 22.6 Å². The average Bonchev–Trinajstić information content (AvgIpc) is 2.84. The molecule has 0 spiro atoms. The maximum Gasteiger partial charge on any atom is 0.525 e. The maximum atomic E-state index is 13.4. The van der Waals surface area contributed by atoms with Crippen LogP contribution >= 0.6 is 7.75 Å². The summed E-state index contributed by atoms with van der Waals surface area (Å²) in [5.74, 6) is 1.11. The van der Waals surface area contributed by atoms with Gasteiger partial charge in [-0.05, 0) is 104 Å². The first-order valence-corrected chi connectivity index (χ1v) is 11.9. The van der Waals surface area contributed by atoms with Crippen molar-refractivity contribution < 1.29 is 13.6 Å². The fraction of sp³-hybridized carbons (Fsp3) is 0.455. The fourth-order valence-corrected chi connectivity index (χ4v) is 6.31.